The fraction of sp³-hybridized carbons (Fsp3) is 0.286. The van der Waals surface area contributed by atoms with E-state index >= 15 is 0 Å². The monoisotopic (exact) mass is 382 g/mol. The molecule has 28 heavy (non-hydrogen) atoms. The average Bonchev–Trinajstić information content (AvgIpc) is 2.80. The highest BCUT2D eigenvalue weighted by atomic mass is 16.5. The maximum absolute atomic E-state index is 12.9. The van der Waals surface area contributed by atoms with Gasteiger partial charge in [-0.3, -0.25) is 9.59 Å². The number of nitrogens with one attached hydrogen (secondary N) is 1. The molecular weight excluding hydrogens is 360 g/mol. The van der Waals surface area contributed by atoms with Crippen molar-refractivity contribution in [2.24, 2.45) is 0 Å². The second kappa shape index (κ2) is 8.56. The lowest BCUT2D eigenvalue weighted by Gasteiger charge is -2.27. The summed E-state index contributed by atoms with van der Waals surface area (Å²) < 4.78 is 10.7. The quantitative estimate of drug-likeness (QED) is 0.804. The number of hydrogen-bond acceptors (Lipinski definition) is 5. The molecule has 0 saturated carbocycles. The molecule has 0 spiro atoms. The van der Waals surface area contributed by atoms with Gasteiger partial charge in [0.05, 0.1) is 18.0 Å². The fourth-order valence-corrected chi connectivity index (χ4v) is 3.16. The summed E-state index contributed by atoms with van der Waals surface area (Å²) >= 11 is 0. The van der Waals surface area contributed by atoms with Crippen LogP contribution in [0, 0.1) is 0 Å². The van der Waals surface area contributed by atoms with Gasteiger partial charge >= 0.3 is 5.97 Å². The molecule has 0 fully saturated rings. The van der Waals surface area contributed by atoms with Crippen molar-refractivity contribution in [1.82, 2.24) is 0 Å². The van der Waals surface area contributed by atoms with Crippen LogP contribution in [0.2, 0.25) is 0 Å². The molecule has 1 atom stereocenters. The first-order valence-electron chi connectivity index (χ1n) is 9.11. The first-order valence-corrected chi connectivity index (χ1v) is 9.11. The molecule has 0 saturated heterocycles. The van der Waals surface area contributed by atoms with Crippen LogP contribution in [0.3, 0.4) is 0 Å². The van der Waals surface area contributed by atoms with E-state index in [0.29, 0.717) is 23.7 Å². The first kappa shape index (κ1) is 19.4. The highest BCUT2D eigenvalue weighted by Crippen LogP contribution is 2.31. The molecule has 1 aliphatic rings. The largest absolute Gasteiger partial charge is 0.493 e. The van der Waals surface area contributed by atoms with E-state index < -0.39 is 18.5 Å². The molecule has 1 aliphatic heterocycles. The van der Waals surface area contributed by atoms with Crippen molar-refractivity contribution in [3.8, 4) is 5.75 Å². The van der Waals surface area contributed by atoms with Gasteiger partial charge in [0.1, 0.15) is 11.3 Å². The first-order chi connectivity index (χ1) is 13.5. The third kappa shape index (κ3) is 4.14. The van der Waals surface area contributed by atoms with Gasteiger partial charge < -0.3 is 19.7 Å². The van der Waals surface area contributed by atoms with E-state index in [4.69, 9.17) is 9.47 Å². The van der Waals surface area contributed by atoms with Crippen molar-refractivity contribution >= 4 is 29.2 Å². The van der Waals surface area contributed by atoms with Gasteiger partial charge in [0.15, 0.2) is 6.61 Å². The molecule has 2 aromatic carbocycles. The van der Waals surface area contributed by atoms with Crippen LogP contribution in [0.4, 0.5) is 11.4 Å². The van der Waals surface area contributed by atoms with Crippen molar-refractivity contribution < 1.29 is 23.9 Å². The zero-order valence-electron chi connectivity index (χ0n) is 15.8. The number of nitrogens with zero attached hydrogens (tertiary/aromatic N) is 1. The molecule has 0 radical (unpaired) electrons. The highest BCUT2D eigenvalue weighted by Gasteiger charge is 2.30. The molecule has 1 heterocycles. The second-order valence-corrected chi connectivity index (χ2v) is 6.39. The molecule has 7 nitrogen and oxygen atoms in total. The van der Waals surface area contributed by atoms with E-state index in [2.05, 4.69) is 5.32 Å². The van der Waals surface area contributed by atoms with E-state index in [1.54, 1.807) is 55.5 Å². The van der Waals surface area contributed by atoms with Crippen LogP contribution in [0.25, 0.3) is 0 Å². The van der Waals surface area contributed by atoms with E-state index in [0.717, 1.165) is 0 Å². The lowest BCUT2D eigenvalue weighted by molar-refractivity contribution is -0.122. The van der Waals surface area contributed by atoms with Gasteiger partial charge in [-0.25, -0.2) is 4.79 Å². The molecule has 0 bridgehead atoms. The van der Waals surface area contributed by atoms with E-state index in [-0.39, 0.29) is 23.9 Å². The number of fused-ring (bicyclic) bond motifs is 1. The van der Waals surface area contributed by atoms with E-state index in [1.165, 1.54) is 4.90 Å². The maximum Gasteiger partial charge on any atom is 0.342 e. The summed E-state index contributed by atoms with van der Waals surface area (Å²) in [6.07, 6.45) is 0.154. The predicted molar refractivity (Wildman–Crippen MR) is 105 cm³/mol. The zero-order valence-corrected chi connectivity index (χ0v) is 15.8. The Morgan fingerprint density at radius 3 is 2.64 bits per heavy atom. The van der Waals surface area contributed by atoms with Gasteiger partial charge in [-0.15, -0.1) is 0 Å². The number of benzene rings is 2. The summed E-state index contributed by atoms with van der Waals surface area (Å²) in [6.45, 7) is 3.57. The van der Waals surface area contributed by atoms with Gasteiger partial charge in [0.25, 0.3) is 5.91 Å². The van der Waals surface area contributed by atoms with Crippen LogP contribution in [-0.2, 0) is 14.3 Å². The van der Waals surface area contributed by atoms with E-state index in [1.807, 2.05) is 6.92 Å². The van der Waals surface area contributed by atoms with Crippen molar-refractivity contribution in [2.45, 2.75) is 26.3 Å². The SMILES string of the molecule is CCOc1ccccc1C(=O)OCC(=O)N1c2ccccc2NC(=O)CC1C. The van der Waals surface area contributed by atoms with Crippen LogP contribution in [0.5, 0.6) is 5.75 Å². The molecule has 2 amide bonds. The molecule has 2 aromatic rings. The highest BCUT2D eigenvalue weighted by molar-refractivity contribution is 6.05. The Labute approximate surface area is 163 Å². The number of carbonyl (C=O) groups excluding carboxylic acids is 3. The summed E-state index contributed by atoms with van der Waals surface area (Å²) in [5.74, 6) is -0.801. The Bertz CT molecular complexity index is 896. The summed E-state index contributed by atoms with van der Waals surface area (Å²) in [5, 5.41) is 2.79. The van der Waals surface area contributed by atoms with Gasteiger partial charge in [-0.05, 0) is 38.1 Å². The van der Waals surface area contributed by atoms with Crippen LogP contribution >= 0.6 is 0 Å². The molecular formula is C21H22N2O5. The molecule has 0 aliphatic carbocycles. The summed E-state index contributed by atoms with van der Waals surface area (Å²) in [6, 6.07) is 13.4. The van der Waals surface area contributed by atoms with Crippen LogP contribution < -0.4 is 15.0 Å². The smallest absolute Gasteiger partial charge is 0.342 e. The van der Waals surface area contributed by atoms with Gasteiger partial charge in [0, 0.05) is 12.5 Å². The number of carbonyl (C=O) groups is 3. The van der Waals surface area contributed by atoms with Gasteiger partial charge in [-0.1, -0.05) is 24.3 Å². The number of para-hydroxylation sites is 3. The predicted octanol–water partition coefficient (Wildman–Crippen LogP) is 3.01. The lowest BCUT2D eigenvalue weighted by atomic mass is 10.1. The van der Waals surface area contributed by atoms with Crippen molar-refractivity contribution in [3.05, 3.63) is 54.1 Å². The third-order valence-corrected chi connectivity index (χ3v) is 4.36. The standard InChI is InChI=1S/C21H22N2O5/c1-3-27-18-11-7-4-8-15(18)21(26)28-13-20(25)23-14(2)12-19(24)22-16-9-5-6-10-17(16)23/h4-11,14H,3,12-13H2,1-2H3,(H,22,24). The number of amides is 2. The van der Waals surface area contributed by atoms with Crippen molar-refractivity contribution in [3.63, 3.8) is 0 Å². The Morgan fingerprint density at radius 1 is 1.14 bits per heavy atom. The van der Waals surface area contributed by atoms with Gasteiger partial charge in [0.2, 0.25) is 5.91 Å². The minimum absolute atomic E-state index is 0.154. The van der Waals surface area contributed by atoms with Crippen molar-refractivity contribution in [2.75, 3.05) is 23.4 Å². The van der Waals surface area contributed by atoms with Crippen molar-refractivity contribution in [1.29, 1.82) is 0 Å². The molecule has 3 rings (SSSR count). The number of ether oxygens (including phenoxy) is 2. The number of rotatable bonds is 5. The molecule has 0 aromatic heterocycles. The van der Waals surface area contributed by atoms with Crippen LogP contribution in [0.15, 0.2) is 48.5 Å². The topological polar surface area (TPSA) is 84.9 Å². The lowest BCUT2D eigenvalue weighted by Crippen LogP contribution is -2.41. The zero-order chi connectivity index (χ0) is 20.1. The number of anilines is 2. The number of hydrogen-bond donors (Lipinski definition) is 1. The van der Waals surface area contributed by atoms with Gasteiger partial charge in [-0.2, -0.15) is 0 Å². The summed E-state index contributed by atoms with van der Waals surface area (Å²) in [5.41, 5.74) is 1.40. The van der Waals surface area contributed by atoms with Crippen LogP contribution in [0.1, 0.15) is 30.6 Å². The fourth-order valence-electron chi connectivity index (χ4n) is 3.16. The third-order valence-electron chi connectivity index (χ3n) is 4.36. The molecule has 1 unspecified atom stereocenters. The van der Waals surface area contributed by atoms with E-state index in [9.17, 15) is 14.4 Å². The Kier molecular flexibility index (Phi) is 5.93. The second-order valence-electron chi connectivity index (χ2n) is 6.39. The molecule has 1 N–H and O–H groups in total. The Balaban J connectivity index is 1.76. The van der Waals surface area contributed by atoms with Crippen LogP contribution in [-0.4, -0.2) is 37.0 Å². The summed E-state index contributed by atoms with van der Waals surface area (Å²) in [4.78, 5) is 38.8. The Hall–Kier alpha value is -3.35. The minimum Gasteiger partial charge on any atom is -0.493 e. The Morgan fingerprint density at radius 2 is 1.86 bits per heavy atom. The maximum atomic E-state index is 12.9. The number of esters is 1. The minimum atomic E-state index is -0.637. The average molecular weight is 382 g/mol. The normalized spacial score (nSPS) is 15.9. The molecule has 146 valence electrons. The summed E-state index contributed by atoms with van der Waals surface area (Å²) in [7, 11) is 0. The molecule has 7 heteroatoms.